The lowest BCUT2D eigenvalue weighted by Crippen LogP contribution is -2.23. The summed E-state index contributed by atoms with van der Waals surface area (Å²) < 4.78 is 37.9. The molecule has 0 N–H and O–H groups in total. The highest BCUT2D eigenvalue weighted by Crippen LogP contribution is 2.20. The van der Waals surface area contributed by atoms with Crippen LogP contribution in [0.2, 0.25) is 0 Å². The van der Waals surface area contributed by atoms with Crippen molar-refractivity contribution in [2.45, 2.75) is 26.6 Å². The van der Waals surface area contributed by atoms with Crippen LogP contribution in [-0.4, -0.2) is 27.0 Å². The fourth-order valence-corrected chi connectivity index (χ4v) is 1.71. The van der Waals surface area contributed by atoms with Crippen LogP contribution in [0, 0.1) is 13.8 Å². The minimum absolute atomic E-state index is 0.263. The van der Waals surface area contributed by atoms with Gasteiger partial charge in [-0.05, 0) is 30.5 Å². The topological polar surface area (TPSA) is 47.8 Å². The number of rotatable bonds is 3. The van der Waals surface area contributed by atoms with E-state index in [-0.39, 0.29) is 6.54 Å². The predicted octanol–water partition coefficient (Wildman–Crippen LogP) is 2.69. The van der Waals surface area contributed by atoms with Crippen LogP contribution < -0.4 is 0 Å². The first-order chi connectivity index (χ1) is 9.27. The van der Waals surface area contributed by atoms with Crippen molar-refractivity contribution in [1.82, 2.24) is 15.0 Å². The zero-order valence-electron chi connectivity index (χ0n) is 10.9. The monoisotopic (exact) mass is 283 g/mol. The zero-order valence-corrected chi connectivity index (χ0v) is 10.9. The summed E-state index contributed by atoms with van der Waals surface area (Å²) in [6.07, 6.45) is -3.92. The van der Waals surface area contributed by atoms with Crippen molar-refractivity contribution in [3.8, 4) is 0 Å². The first-order valence-electron chi connectivity index (χ1n) is 5.85. The van der Waals surface area contributed by atoms with Crippen LogP contribution >= 0.6 is 0 Å². The van der Waals surface area contributed by atoms with Crippen LogP contribution in [0.1, 0.15) is 27.2 Å². The fraction of sp³-hybridized carbons (Fsp3) is 0.308. The lowest BCUT2D eigenvalue weighted by Gasteiger charge is -2.04. The minimum Gasteiger partial charge on any atom is -0.282 e. The van der Waals surface area contributed by atoms with Gasteiger partial charge < -0.3 is 0 Å². The third-order valence-corrected chi connectivity index (χ3v) is 2.94. The zero-order chi connectivity index (χ0) is 14.9. The first-order valence-corrected chi connectivity index (χ1v) is 5.85. The first kappa shape index (κ1) is 14.2. The number of halogens is 3. The molecule has 1 aromatic heterocycles. The van der Waals surface area contributed by atoms with Crippen molar-refractivity contribution in [2.75, 3.05) is 0 Å². The van der Waals surface area contributed by atoms with E-state index in [4.69, 9.17) is 0 Å². The van der Waals surface area contributed by atoms with Gasteiger partial charge in [0.25, 0.3) is 5.78 Å². The van der Waals surface area contributed by atoms with Crippen molar-refractivity contribution in [1.29, 1.82) is 0 Å². The number of nitrogens with zero attached hydrogens (tertiary/aromatic N) is 3. The molecular formula is C13H12F3N3O. The number of hydrogen-bond donors (Lipinski definition) is 0. The van der Waals surface area contributed by atoms with Gasteiger partial charge in [0.2, 0.25) is 0 Å². The van der Waals surface area contributed by atoms with E-state index >= 15 is 0 Å². The van der Waals surface area contributed by atoms with E-state index in [1.165, 1.54) is 4.68 Å². The molecule has 20 heavy (non-hydrogen) atoms. The number of aromatic nitrogens is 3. The van der Waals surface area contributed by atoms with Gasteiger partial charge >= 0.3 is 6.18 Å². The number of Topliss-reactive ketones (excluding diaryl/α,β-unsaturated/α-hetero) is 1. The molecule has 0 saturated carbocycles. The summed E-state index contributed by atoms with van der Waals surface area (Å²) in [6, 6.07) is 5.70. The number of benzene rings is 1. The van der Waals surface area contributed by atoms with Gasteiger partial charge in [-0.15, -0.1) is 5.10 Å². The number of hydrogen-bond acceptors (Lipinski definition) is 3. The molecule has 2 aromatic rings. The van der Waals surface area contributed by atoms with Gasteiger partial charge in [-0.2, -0.15) is 13.2 Å². The smallest absolute Gasteiger partial charge is 0.282 e. The predicted molar refractivity (Wildman–Crippen MR) is 65.4 cm³/mol. The number of carbonyl (C=O) groups is 1. The summed E-state index contributed by atoms with van der Waals surface area (Å²) in [5.74, 6) is -1.98. The van der Waals surface area contributed by atoms with Crippen molar-refractivity contribution in [3.05, 3.63) is 46.8 Å². The van der Waals surface area contributed by atoms with Gasteiger partial charge in [0.05, 0.1) is 12.7 Å². The number of aryl methyl sites for hydroxylation is 2. The molecule has 4 nitrogen and oxygen atoms in total. The Morgan fingerprint density at radius 3 is 2.55 bits per heavy atom. The Bertz CT molecular complexity index is 647. The SMILES string of the molecule is Cc1ccc(Cn2cc(C(=O)C(F)(F)F)nn2)cc1C. The molecule has 0 aliphatic rings. The molecule has 7 heteroatoms. The van der Waals surface area contributed by atoms with Crippen molar-refractivity contribution >= 4 is 5.78 Å². The largest absolute Gasteiger partial charge is 0.456 e. The molecule has 0 atom stereocenters. The van der Waals surface area contributed by atoms with E-state index in [0.29, 0.717) is 0 Å². The molecule has 0 bridgehead atoms. The maximum atomic E-state index is 12.2. The Labute approximate surface area is 113 Å². The van der Waals surface area contributed by atoms with Gasteiger partial charge in [-0.1, -0.05) is 23.4 Å². The molecule has 1 heterocycles. The van der Waals surface area contributed by atoms with Crippen LogP contribution in [0.3, 0.4) is 0 Å². The molecule has 106 valence electrons. The molecule has 0 radical (unpaired) electrons. The van der Waals surface area contributed by atoms with E-state index in [9.17, 15) is 18.0 Å². The van der Waals surface area contributed by atoms with Gasteiger partial charge in [0.1, 0.15) is 0 Å². The molecule has 1 aromatic carbocycles. The van der Waals surface area contributed by atoms with E-state index < -0.39 is 17.7 Å². The highest BCUT2D eigenvalue weighted by Gasteiger charge is 2.41. The summed E-state index contributed by atoms with van der Waals surface area (Å²) in [5.41, 5.74) is 2.39. The molecule has 2 rings (SSSR count). The second-order valence-corrected chi connectivity index (χ2v) is 4.55. The minimum atomic E-state index is -4.93. The summed E-state index contributed by atoms with van der Waals surface area (Å²) in [6.45, 7) is 4.17. The molecule has 0 aliphatic heterocycles. The molecule has 0 spiro atoms. The van der Waals surface area contributed by atoms with Gasteiger partial charge in [-0.25, -0.2) is 4.68 Å². The lowest BCUT2D eigenvalue weighted by atomic mass is 10.1. The van der Waals surface area contributed by atoms with Gasteiger partial charge in [0.15, 0.2) is 5.69 Å². The Morgan fingerprint density at radius 2 is 1.95 bits per heavy atom. The number of carbonyl (C=O) groups excluding carboxylic acids is 1. The number of ketones is 1. The second-order valence-electron chi connectivity index (χ2n) is 4.55. The van der Waals surface area contributed by atoms with Gasteiger partial charge in [-0.3, -0.25) is 4.79 Å². The maximum absolute atomic E-state index is 12.2. The molecule has 0 saturated heterocycles. The van der Waals surface area contributed by atoms with Crippen molar-refractivity contribution in [3.63, 3.8) is 0 Å². The molecule has 0 amide bonds. The maximum Gasteiger partial charge on any atom is 0.456 e. The quantitative estimate of drug-likeness (QED) is 0.814. The van der Waals surface area contributed by atoms with E-state index in [0.717, 1.165) is 22.9 Å². The Kier molecular flexibility index (Phi) is 3.61. The second kappa shape index (κ2) is 5.07. The van der Waals surface area contributed by atoms with Crippen molar-refractivity contribution in [2.24, 2.45) is 0 Å². The van der Waals surface area contributed by atoms with Crippen LogP contribution in [0.4, 0.5) is 13.2 Å². The van der Waals surface area contributed by atoms with E-state index in [2.05, 4.69) is 10.3 Å². The highest BCUT2D eigenvalue weighted by molar-refractivity contribution is 5.98. The number of alkyl halides is 3. The van der Waals surface area contributed by atoms with E-state index in [1.807, 2.05) is 32.0 Å². The van der Waals surface area contributed by atoms with Crippen LogP contribution in [-0.2, 0) is 6.54 Å². The summed E-state index contributed by atoms with van der Waals surface area (Å²) in [4.78, 5) is 11.0. The highest BCUT2D eigenvalue weighted by atomic mass is 19.4. The average Bonchev–Trinajstić information content (AvgIpc) is 2.80. The third kappa shape index (κ3) is 3.04. The molecule has 0 unspecified atom stereocenters. The van der Waals surface area contributed by atoms with Crippen molar-refractivity contribution < 1.29 is 18.0 Å². The van der Waals surface area contributed by atoms with Gasteiger partial charge in [0, 0.05) is 0 Å². The Balaban J connectivity index is 2.17. The third-order valence-electron chi connectivity index (χ3n) is 2.94. The molecule has 0 fully saturated rings. The Morgan fingerprint density at radius 1 is 1.25 bits per heavy atom. The lowest BCUT2D eigenvalue weighted by molar-refractivity contribution is -0.0888. The van der Waals surface area contributed by atoms with Crippen LogP contribution in [0.25, 0.3) is 0 Å². The summed E-state index contributed by atoms with van der Waals surface area (Å²) in [5, 5.41) is 6.81. The summed E-state index contributed by atoms with van der Waals surface area (Å²) in [7, 11) is 0. The fourth-order valence-electron chi connectivity index (χ4n) is 1.71. The van der Waals surface area contributed by atoms with E-state index in [1.54, 1.807) is 0 Å². The normalized spacial score (nSPS) is 11.7. The Hall–Kier alpha value is -2.18. The van der Waals surface area contributed by atoms with Crippen LogP contribution in [0.15, 0.2) is 24.4 Å². The standard InChI is InChI=1S/C13H12F3N3O/c1-8-3-4-10(5-9(8)2)6-19-7-11(17-18-19)12(20)13(14,15)16/h3-5,7H,6H2,1-2H3. The molecule has 0 aliphatic carbocycles. The molecular weight excluding hydrogens is 271 g/mol. The van der Waals surface area contributed by atoms with Crippen LogP contribution in [0.5, 0.6) is 0 Å². The average molecular weight is 283 g/mol. The summed E-state index contributed by atoms with van der Waals surface area (Å²) >= 11 is 0.